The summed E-state index contributed by atoms with van der Waals surface area (Å²) in [6.45, 7) is 12.0. The fourth-order valence-electron chi connectivity index (χ4n) is 4.54. The molecule has 0 aliphatic carbocycles. The van der Waals surface area contributed by atoms with E-state index in [2.05, 4.69) is 27.7 Å². The topological polar surface area (TPSA) is 78.9 Å². The third-order valence-corrected chi connectivity index (χ3v) is 7.44. The van der Waals surface area contributed by atoms with Crippen molar-refractivity contribution in [1.82, 2.24) is 0 Å². The molecular formula is C48H58O6. The Morgan fingerprint density at radius 1 is 0.481 bits per heavy atom. The predicted octanol–water partition coefficient (Wildman–Crippen LogP) is 11.7. The van der Waals surface area contributed by atoms with Gasteiger partial charge in [0.25, 0.3) is 5.79 Å². The quantitative estimate of drug-likeness (QED) is 0.0765. The van der Waals surface area contributed by atoms with Crippen LogP contribution in [0.2, 0.25) is 0 Å². The van der Waals surface area contributed by atoms with Crippen LogP contribution in [0.5, 0.6) is 0 Å². The van der Waals surface area contributed by atoms with Gasteiger partial charge in [0.1, 0.15) is 5.60 Å². The molecule has 0 spiro atoms. The van der Waals surface area contributed by atoms with E-state index in [1.54, 1.807) is 51.3 Å². The van der Waals surface area contributed by atoms with Crippen LogP contribution in [-0.4, -0.2) is 44.3 Å². The SMILES string of the molecule is CCC.CCC.COC(C)(C)C(=O)c1ccccc1.COC(OC)(C(=O)c1ccccc1)c1ccccc1.O=C(/C=C/c1ccccc1)c1ccccc1. The smallest absolute Gasteiger partial charge is 0.260 e. The first-order valence-corrected chi connectivity index (χ1v) is 18.2. The van der Waals surface area contributed by atoms with Gasteiger partial charge in [0.05, 0.1) is 0 Å². The molecule has 0 saturated heterocycles. The second kappa shape index (κ2) is 26.5. The largest absolute Gasteiger partial charge is 0.371 e. The number of carbonyl (C=O) groups is 3. The zero-order valence-corrected chi connectivity index (χ0v) is 33.5. The van der Waals surface area contributed by atoms with Crippen molar-refractivity contribution in [2.75, 3.05) is 21.3 Å². The normalized spacial score (nSPS) is 10.5. The molecule has 0 N–H and O–H groups in total. The molecule has 0 aromatic heterocycles. The molecule has 0 amide bonds. The van der Waals surface area contributed by atoms with E-state index in [4.69, 9.17) is 14.2 Å². The number of hydrogen-bond acceptors (Lipinski definition) is 6. The van der Waals surface area contributed by atoms with E-state index in [1.807, 2.05) is 133 Å². The van der Waals surface area contributed by atoms with E-state index < -0.39 is 11.4 Å². The fourth-order valence-corrected chi connectivity index (χ4v) is 4.54. The van der Waals surface area contributed by atoms with Crippen LogP contribution in [0.25, 0.3) is 6.08 Å². The number of carbonyl (C=O) groups excluding carboxylic acids is 3. The average Bonchev–Trinajstić information content (AvgIpc) is 3.23. The van der Waals surface area contributed by atoms with Crippen LogP contribution < -0.4 is 0 Å². The Bertz CT molecular complexity index is 1750. The van der Waals surface area contributed by atoms with Crippen LogP contribution in [0.4, 0.5) is 0 Å². The van der Waals surface area contributed by atoms with Crippen molar-refractivity contribution in [2.24, 2.45) is 0 Å². The summed E-state index contributed by atoms with van der Waals surface area (Å²) in [7, 11) is 4.48. The Hall–Kier alpha value is -5.27. The van der Waals surface area contributed by atoms with E-state index in [-0.39, 0.29) is 17.3 Å². The van der Waals surface area contributed by atoms with Crippen molar-refractivity contribution >= 4 is 23.4 Å². The molecule has 0 unspecified atom stereocenters. The maximum atomic E-state index is 12.7. The molecule has 0 fully saturated rings. The lowest BCUT2D eigenvalue weighted by Crippen LogP contribution is -2.39. The molecule has 0 aliphatic heterocycles. The maximum Gasteiger partial charge on any atom is 0.260 e. The molecule has 0 atom stereocenters. The molecule has 0 saturated carbocycles. The lowest BCUT2D eigenvalue weighted by molar-refractivity contribution is -0.176. The summed E-state index contributed by atoms with van der Waals surface area (Å²) >= 11 is 0. The number of Topliss-reactive ketones (excluding diaryl/α,β-unsaturated/α-hetero) is 2. The molecule has 0 bridgehead atoms. The minimum Gasteiger partial charge on any atom is -0.371 e. The number of benzene rings is 5. The molecule has 0 aliphatic rings. The summed E-state index contributed by atoms with van der Waals surface area (Å²) in [6.07, 6.45) is 5.93. The third kappa shape index (κ3) is 15.8. The van der Waals surface area contributed by atoms with E-state index >= 15 is 0 Å². The summed E-state index contributed by atoms with van der Waals surface area (Å²) in [6, 6.07) is 46.4. The standard InChI is InChI=1S/C16H16O3.C15H12O.C11H14O2.2C3H8/c1-18-16(19-2,14-11-7-4-8-12-14)15(17)13-9-5-3-6-10-13;16-15(14-9-5-2-6-10-14)12-11-13-7-3-1-4-8-13;1-11(2,13-3)10(12)9-7-5-4-6-8-9;2*1-3-2/h3-12H,1-2H3;1-12H;4-8H,1-3H3;2*3H2,1-2H3/b;12-11+;;;. The number of allylic oxidation sites excluding steroid dienone is 1. The molecule has 0 radical (unpaired) electrons. The van der Waals surface area contributed by atoms with Gasteiger partial charge in [-0.25, -0.2) is 0 Å². The van der Waals surface area contributed by atoms with Gasteiger partial charge in [-0.2, -0.15) is 0 Å². The minimum atomic E-state index is -1.40. The monoisotopic (exact) mass is 730 g/mol. The summed E-state index contributed by atoms with van der Waals surface area (Å²) in [4.78, 5) is 36.2. The van der Waals surface area contributed by atoms with Crippen LogP contribution in [0.15, 0.2) is 158 Å². The lowest BCUT2D eigenvalue weighted by Gasteiger charge is -2.29. The number of ketones is 3. The van der Waals surface area contributed by atoms with Gasteiger partial charge >= 0.3 is 0 Å². The van der Waals surface area contributed by atoms with Gasteiger partial charge in [-0.15, -0.1) is 0 Å². The number of ether oxygens (including phenoxy) is 3. The van der Waals surface area contributed by atoms with Gasteiger partial charge < -0.3 is 14.2 Å². The second-order valence-electron chi connectivity index (χ2n) is 12.4. The van der Waals surface area contributed by atoms with Crippen LogP contribution in [0, 0.1) is 0 Å². The maximum absolute atomic E-state index is 12.7. The summed E-state index contributed by atoms with van der Waals surface area (Å²) < 4.78 is 15.9. The highest BCUT2D eigenvalue weighted by Gasteiger charge is 2.41. The molecular weight excluding hydrogens is 673 g/mol. The molecule has 6 heteroatoms. The van der Waals surface area contributed by atoms with Gasteiger partial charge in [0.15, 0.2) is 11.6 Å². The van der Waals surface area contributed by atoms with Crippen molar-refractivity contribution in [3.8, 4) is 0 Å². The Kier molecular flexibility index (Phi) is 22.9. The first-order valence-electron chi connectivity index (χ1n) is 18.2. The molecule has 5 aromatic rings. The van der Waals surface area contributed by atoms with E-state index in [1.165, 1.54) is 27.1 Å². The highest BCUT2D eigenvalue weighted by molar-refractivity contribution is 6.06. The second-order valence-corrected chi connectivity index (χ2v) is 12.4. The molecule has 5 aromatic carbocycles. The number of hydrogen-bond donors (Lipinski definition) is 0. The van der Waals surface area contributed by atoms with Crippen LogP contribution in [0.1, 0.15) is 96.6 Å². The summed E-state index contributed by atoms with van der Waals surface area (Å²) in [5.74, 6) is -1.58. The van der Waals surface area contributed by atoms with Crippen LogP contribution in [-0.2, 0) is 20.0 Å². The molecule has 286 valence electrons. The van der Waals surface area contributed by atoms with Gasteiger partial charge in [-0.3, -0.25) is 14.4 Å². The minimum absolute atomic E-state index is 0.00981. The number of rotatable bonds is 11. The molecule has 6 nitrogen and oxygen atoms in total. The molecule has 0 heterocycles. The summed E-state index contributed by atoms with van der Waals surface area (Å²) in [5, 5.41) is 0. The van der Waals surface area contributed by atoms with Crippen molar-refractivity contribution < 1.29 is 28.6 Å². The van der Waals surface area contributed by atoms with Crippen molar-refractivity contribution in [3.63, 3.8) is 0 Å². The van der Waals surface area contributed by atoms with Crippen LogP contribution in [0.3, 0.4) is 0 Å². The van der Waals surface area contributed by atoms with Crippen molar-refractivity contribution in [3.05, 3.63) is 186 Å². The highest BCUT2D eigenvalue weighted by Crippen LogP contribution is 2.30. The van der Waals surface area contributed by atoms with Gasteiger partial charge in [0, 0.05) is 43.6 Å². The first-order chi connectivity index (χ1) is 26.0. The van der Waals surface area contributed by atoms with Gasteiger partial charge in [0.2, 0.25) is 5.78 Å². The number of methoxy groups -OCH3 is 3. The summed E-state index contributed by atoms with van der Waals surface area (Å²) in [5.41, 5.74) is 2.93. The molecule has 5 rings (SSSR count). The van der Waals surface area contributed by atoms with E-state index in [0.717, 1.165) is 11.1 Å². The first kappa shape index (κ1) is 46.8. The molecule has 54 heavy (non-hydrogen) atoms. The fraction of sp³-hybridized carbons (Fsp3) is 0.271. The van der Waals surface area contributed by atoms with E-state index in [9.17, 15) is 14.4 Å². The lowest BCUT2D eigenvalue weighted by atomic mass is 9.96. The Morgan fingerprint density at radius 2 is 0.815 bits per heavy atom. The van der Waals surface area contributed by atoms with Crippen LogP contribution >= 0.6 is 0 Å². The Morgan fingerprint density at radius 3 is 1.19 bits per heavy atom. The van der Waals surface area contributed by atoms with Gasteiger partial charge in [-0.05, 0) is 25.5 Å². The Labute approximate surface area is 323 Å². The zero-order chi connectivity index (χ0) is 40.2. The Balaban J connectivity index is 0.000000382. The highest BCUT2D eigenvalue weighted by atomic mass is 16.7. The average molecular weight is 731 g/mol. The van der Waals surface area contributed by atoms with Gasteiger partial charge in [-0.1, -0.05) is 198 Å². The zero-order valence-electron chi connectivity index (χ0n) is 33.5. The third-order valence-electron chi connectivity index (χ3n) is 7.44. The van der Waals surface area contributed by atoms with Crippen molar-refractivity contribution in [2.45, 2.75) is 65.8 Å². The predicted molar refractivity (Wildman–Crippen MR) is 223 cm³/mol. The van der Waals surface area contributed by atoms with E-state index in [0.29, 0.717) is 16.7 Å². The van der Waals surface area contributed by atoms with Crippen molar-refractivity contribution in [1.29, 1.82) is 0 Å².